The van der Waals surface area contributed by atoms with Crippen molar-refractivity contribution in [1.82, 2.24) is 0 Å². The summed E-state index contributed by atoms with van der Waals surface area (Å²) in [5.41, 5.74) is 1.07. The zero-order valence-electron chi connectivity index (χ0n) is 12.1. The number of benzene rings is 2. The first-order valence-corrected chi connectivity index (χ1v) is 6.99. The Hall–Kier alpha value is -2.67. The van der Waals surface area contributed by atoms with Crippen molar-refractivity contribution in [3.63, 3.8) is 0 Å². The molecule has 0 radical (unpaired) electrons. The number of carbonyl (C=O) groups excluding carboxylic acids is 1. The van der Waals surface area contributed by atoms with Crippen LogP contribution in [0.3, 0.4) is 0 Å². The van der Waals surface area contributed by atoms with Crippen molar-refractivity contribution in [3.05, 3.63) is 62.9 Å². The van der Waals surface area contributed by atoms with Crippen LogP contribution in [0.4, 0.5) is 21.5 Å². The molecular weight excluding hydrogens is 325 g/mol. The van der Waals surface area contributed by atoms with Gasteiger partial charge >= 0.3 is 0 Å². The highest BCUT2D eigenvalue weighted by atomic mass is 35.5. The minimum Gasteiger partial charge on any atom is -0.375 e. The molecule has 0 bridgehead atoms. The summed E-state index contributed by atoms with van der Waals surface area (Å²) in [6.07, 6.45) is 0. The van der Waals surface area contributed by atoms with E-state index in [0.29, 0.717) is 16.9 Å². The number of carbonyl (C=O) groups is 1. The zero-order valence-corrected chi connectivity index (χ0v) is 12.9. The molecule has 2 rings (SSSR count). The summed E-state index contributed by atoms with van der Waals surface area (Å²) in [7, 11) is 0. The first-order chi connectivity index (χ1) is 10.9. The fourth-order valence-electron chi connectivity index (χ4n) is 1.96. The van der Waals surface area contributed by atoms with Gasteiger partial charge in [0.15, 0.2) is 0 Å². The van der Waals surface area contributed by atoms with Gasteiger partial charge in [-0.15, -0.1) is 0 Å². The Bertz CT molecular complexity index is 768. The van der Waals surface area contributed by atoms with Crippen molar-refractivity contribution in [2.45, 2.75) is 6.92 Å². The number of nitro groups is 1. The van der Waals surface area contributed by atoms with Gasteiger partial charge < -0.3 is 10.6 Å². The van der Waals surface area contributed by atoms with Crippen LogP contribution in [0.1, 0.15) is 5.56 Å². The molecule has 2 N–H and O–H groups in total. The topological polar surface area (TPSA) is 84.3 Å². The summed E-state index contributed by atoms with van der Waals surface area (Å²) in [5.74, 6) is -0.883. The Morgan fingerprint density at radius 2 is 2.04 bits per heavy atom. The van der Waals surface area contributed by atoms with Crippen molar-refractivity contribution in [2.24, 2.45) is 0 Å². The molecule has 0 heterocycles. The maximum Gasteiger partial charge on any atom is 0.274 e. The first-order valence-electron chi connectivity index (χ1n) is 6.61. The lowest BCUT2D eigenvalue weighted by Crippen LogP contribution is -2.22. The highest BCUT2D eigenvalue weighted by molar-refractivity contribution is 6.33. The van der Waals surface area contributed by atoms with Crippen LogP contribution in [0, 0.1) is 22.9 Å². The largest absolute Gasteiger partial charge is 0.375 e. The molecule has 0 spiro atoms. The van der Waals surface area contributed by atoms with Gasteiger partial charge in [-0.3, -0.25) is 14.9 Å². The molecular formula is C15H13ClFN3O3. The van der Waals surface area contributed by atoms with Crippen LogP contribution in [-0.2, 0) is 4.79 Å². The number of nitro benzene ring substituents is 1. The van der Waals surface area contributed by atoms with E-state index in [9.17, 15) is 19.3 Å². The number of nitrogens with zero attached hydrogens (tertiary/aromatic N) is 1. The molecule has 0 atom stereocenters. The highest BCUT2D eigenvalue weighted by Crippen LogP contribution is 2.25. The monoisotopic (exact) mass is 337 g/mol. The fourth-order valence-corrected chi connectivity index (χ4v) is 2.19. The molecule has 0 fully saturated rings. The molecule has 120 valence electrons. The number of halogens is 2. The van der Waals surface area contributed by atoms with Crippen LogP contribution in [0.2, 0.25) is 5.02 Å². The molecule has 1 amide bonds. The molecule has 0 aliphatic rings. The minimum atomic E-state index is -0.512. The quantitative estimate of drug-likeness (QED) is 0.643. The number of rotatable bonds is 5. The molecule has 0 saturated heterocycles. The molecule has 0 aliphatic heterocycles. The summed E-state index contributed by atoms with van der Waals surface area (Å²) < 4.78 is 12.9. The molecule has 8 heteroatoms. The van der Waals surface area contributed by atoms with Gasteiger partial charge in [-0.05, 0) is 31.2 Å². The van der Waals surface area contributed by atoms with Crippen molar-refractivity contribution in [3.8, 4) is 0 Å². The number of nitrogens with one attached hydrogen (secondary N) is 2. The second kappa shape index (κ2) is 7.06. The lowest BCUT2D eigenvalue weighted by molar-refractivity contribution is -0.385. The van der Waals surface area contributed by atoms with Crippen molar-refractivity contribution in [1.29, 1.82) is 0 Å². The molecule has 2 aromatic carbocycles. The van der Waals surface area contributed by atoms with E-state index < -0.39 is 16.6 Å². The second-order valence-corrected chi connectivity index (χ2v) is 5.14. The van der Waals surface area contributed by atoms with Crippen molar-refractivity contribution >= 4 is 34.6 Å². The normalized spacial score (nSPS) is 10.2. The summed E-state index contributed by atoms with van der Waals surface area (Å²) in [6.45, 7) is 1.44. The average Bonchev–Trinajstić information content (AvgIpc) is 2.48. The van der Waals surface area contributed by atoms with Gasteiger partial charge in [0, 0.05) is 6.07 Å². The molecule has 0 aromatic heterocycles. The number of hydrogen-bond donors (Lipinski definition) is 2. The van der Waals surface area contributed by atoms with E-state index in [-0.39, 0.29) is 17.3 Å². The van der Waals surface area contributed by atoms with E-state index in [2.05, 4.69) is 10.6 Å². The van der Waals surface area contributed by atoms with Crippen LogP contribution in [0.15, 0.2) is 36.4 Å². The fraction of sp³-hybridized carbons (Fsp3) is 0.133. The van der Waals surface area contributed by atoms with Gasteiger partial charge in [-0.1, -0.05) is 17.7 Å². The molecule has 0 aliphatic carbocycles. The van der Waals surface area contributed by atoms with Gasteiger partial charge in [0.05, 0.1) is 33.4 Å². The maximum atomic E-state index is 12.9. The van der Waals surface area contributed by atoms with E-state index >= 15 is 0 Å². The standard InChI is InChI=1S/C15H13ClFN3O3/c1-9-12(3-2-4-14(9)20(22)23)19-15(21)8-18-13-6-5-10(17)7-11(13)16/h2-7,18H,8H2,1H3,(H,19,21). The van der Waals surface area contributed by atoms with E-state index in [0.717, 1.165) is 6.07 Å². The predicted octanol–water partition coefficient (Wildman–Crippen LogP) is 3.75. The Balaban J connectivity index is 2.03. The lowest BCUT2D eigenvalue weighted by atomic mass is 10.1. The van der Waals surface area contributed by atoms with Crippen LogP contribution < -0.4 is 10.6 Å². The van der Waals surface area contributed by atoms with Gasteiger partial charge in [0.1, 0.15) is 5.82 Å². The summed E-state index contributed by atoms with van der Waals surface area (Å²) in [6, 6.07) is 8.20. The van der Waals surface area contributed by atoms with Gasteiger partial charge in [-0.25, -0.2) is 4.39 Å². The molecule has 6 nitrogen and oxygen atoms in total. The average molecular weight is 338 g/mol. The number of anilines is 2. The smallest absolute Gasteiger partial charge is 0.274 e. The molecule has 2 aromatic rings. The maximum absolute atomic E-state index is 12.9. The van der Waals surface area contributed by atoms with E-state index in [1.807, 2.05) is 0 Å². The highest BCUT2D eigenvalue weighted by Gasteiger charge is 2.14. The summed E-state index contributed by atoms with van der Waals surface area (Å²) in [5, 5.41) is 16.4. The molecule has 0 saturated carbocycles. The van der Waals surface area contributed by atoms with E-state index in [1.165, 1.54) is 24.3 Å². The van der Waals surface area contributed by atoms with Crippen LogP contribution in [0.25, 0.3) is 0 Å². The Kier molecular flexibility index (Phi) is 5.13. The van der Waals surface area contributed by atoms with Crippen LogP contribution >= 0.6 is 11.6 Å². The van der Waals surface area contributed by atoms with Crippen LogP contribution in [-0.4, -0.2) is 17.4 Å². The molecule has 0 unspecified atom stereocenters. The third-order valence-electron chi connectivity index (χ3n) is 3.15. The van der Waals surface area contributed by atoms with Gasteiger partial charge in [-0.2, -0.15) is 0 Å². The first kappa shape index (κ1) is 16.7. The number of amides is 1. The van der Waals surface area contributed by atoms with Crippen molar-refractivity contribution in [2.75, 3.05) is 17.2 Å². The number of hydrogen-bond acceptors (Lipinski definition) is 4. The third-order valence-corrected chi connectivity index (χ3v) is 3.46. The minimum absolute atomic E-state index is 0.0719. The Morgan fingerprint density at radius 3 is 2.70 bits per heavy atom. The van der Waals surface area contributed by atoms with Crippen LogP contribution in [0.5, 0.6) is 0 Å². The third kappa shape index (κ3) is 4.17. The Morgan fingerprint density at radius 1 is 1.30 bits per heavy atom. The van der Waals surface area contributed by atoms with E-state index in [1.54, 1.807) is 13.0 Å². The van der Waals surface area contributed by atoms with E-state index in [4.69, 9.17) is 11.6 Å². The van der Waals surface area contributed by atoms with Crippen molar-refractivity contribution < 1.29 is 14.1 Å². The second-order valence-electron chi connectivity index (χ2n) is 4.73. The summed E-state index contributed by atoms with van der Waals surface area (Å²) >= 11 is 5.84. The Labute approximate surface area is 136 Å². The summed E-state index contributed by atoms with van der Waals surface area (Å²) in [4.78, 5) is 22.3. The van der Waals surface area contributed by atoms with Gasteiger partial charge in [0.25, 0.3) is 5.69 Å². The predicted molar refractivity (Wildman–Crippen MR) is 86.4 cm³/mol. The lowest BCUT2D eigenvalue weighted by Gasteiger charge is -2.11. The SMILES string of the molecule is Cc1c(NC(=O)CNc2ccc(F)cc2Cl)cccc1[N+](=O)[O-]. The van der Waals surface area contributed by atoms with Gasteiger partial charge in [0.2, 0.25) is 5.91 Å². The zero-order chi connectivity index (χ0) is 17.0. The molecule has 23 heavy (non-hydrogen) atoms.